The minimum absolute atomic E-state index is 0.0400. The van der Waals surface area contributed by atoms with Gasteiger partial charge < -0.3 is 4.90 Å². The predicted octanol–water partition coefficient (Wildman–Crippen LogP) is 3.46. The van der Waals surface area contributed by atoms with Crippen LogP contribution in [0.25, 0.3) is 0 Å². The van der Waals surface area contributed by atoms with Crippen molar-refractivity contribution in [2.45, 2.75) is 6.42 Å². The van der Waals surface area contributed by atoms with Crippen molar-refractivity contribution in [2.24, 2.45) is 5.92 Å². The summed E-state index contributed by atoms with van der Waals surface area (Å²) in [5, 5.41) is 0. The van der Waals surface area contributed by atoms with Crippen molar-refractivity contribution in [2.75, 3.05) is 11.4 Å². The molecule has 0 bridgehead atoms. The second-order valence-electron chi connectivity index (χ2n) is 5.42. The summed E-state index contributed by atoms with van der Waals surface area (Å²) in [7, 11) is 0. The highest BCUT2D eigenvalue weighted by atomic mass is 16.2. The first-order valence-corrected chi connectivity index (χ1v) is 7.32. The molecule has 2 aromatic carbocycles. The molecule has 110 valence electrons. The number of hydrogen-bond acceptors (Lipinski definition) is 2. The van der Waals surface area contributed by atoms with Crippen LogP contribution >= 0.6 is 0 Å². The maximum atomic E-state index is 12.7. The van der Waals surface area contributed by atoms with Gasteiger partial charge in [-0.15, -0.1) is 6.58 Å². The number of rotatable bonds is 4. The van der Waals surface area contributed by atoms with Crippen molar-refractivity contribution in [3.05, 3.63) is 78.4 Å². The molecule has 1 fully saturated rings. The number of ketones is 1. The predicted molar refractivity (Wildman–Crippen MR) is 87.0 cm³/mol. The van der Waals surface area contributed by atoms with Crippen LogP contribution in [0.3, 0.4) is 0 Å². The first kappa shape index (κ1) is 14.3. The Morgan fingerprint density at radius 3 is 2.45 bits per heavy atom. The van der Waals surface area contributed by atoms with Gasteiger partial charge in [0.25, 0.3) is 0 Å². The van der Waals surface area contributed by atoms with E-state index in [1.807, 2.05) is 36.4 Å². The second kappa shape index (κ2) is 5.98. The summed E-state index contributed by atoms with van der Waals surface area (Å²) in [6.45, 7) is 4.35. The van der Waals surface area contributed by atoms with E-state index in [-0.39, 0.29) is 17.6 Å². The highest BCUT2D eigenvalue weighted by Crippen LogP contribution is 2.29. The van der Waals surface area contributed by atoms with E-state index in [0.717, 1.165) is 0 Å². The molecule has 0 saturated carbocycles. The van der Waals surface area contributed by atoms with Crippen LogP contribution in [0.2, 0.25) is 0 Å². The molecule has 0 spiro atoms. The van der Waals surface area contributed by atoms with Crippen LogP contribution in [0, 0.1) is 5.92 Å². The van der Waals surface area contributed by atoms with Gasteiger partial charge in [-0.2, -0.15) is 0 Å². The lowest BCUT2D eigenvalue weighted by Gasteiger charge is -2.19. The van der Waals surface area contributed by atoms with Gasteiger partial charge in [-0.3, -0.25) is 9.59 Å². The van der Waals surface area contributed by atoms with Gasteiger partial charge in [0, 0.05) is 30.0 Å². The Bertz CT molecular complexity index is 721. The zero-order valence-corrected chi connectivity index (χ0v) is 12.2. The molecular weight excluding hydrogens is 274 g/mol. The quantitative estimate of drug-likeness (QED) is 0.639. The summed E-state index contributed by atoms with van der Waals surface area (Å²) in [6, 6.07) is 16.4. The average molecular weight is 291 g/mol. The Morgan fingerprint density at radius 1 is 1.09 bits per heavy atom. The Balaban J connectivity index is 1.99. The van der Waals surface area contributed by atoms with Gasteiger partial charge in [-0.1, -0.05) is 48.5 Å². The van der Waals surface area contributed by atoms with E-state index in [2.05, 4.69) is 6.58 Å². The van der Waals surface area contributed by atoms with Gasteiger partial charge in [0.15, 0.2) is 5.78 Å². The molecular formula is C19H17NO2. The average Bonchev–Trinajstić information content (AvgIpc) is 2.96. The van der Waals surface area contributed by atoms with E-state index >= 15 is 0 Å². The summed E-state index contributed by atoms with van der Waals surface area (Å²) in [5.74, 6) is 0.122. The molecule has 1 amide bonds. The van der Waals surface area contributed by atoms with E-state index in [9.17, 15) is 9.59 Å². The van der Waals surface area contributed by atoms with E-state index in [0.29, 0.717) is 29.8 Å². The maximum Gasteiger partial charge on any atom is 0.227 e. The van der Waals surface area contributed by atoms with E-state index in [4.69, 9.17) is 0 Å². The summed E-state index contributed by atoms with van der Waals surface area (Å²) in [4.78, 5) is 26.6. The zero-order chi connectivity index (χ0) is 15.5. The molecule has 3 rings (SSSR count). The van der Waals surface area contributed by atoms with Crippen LogP contribution in [0.4, 0.5) is 5.69 Å². The Morgan fingerprint density at radius 2 is 1.77 bits per heavy atom. The summed E-state index contributed by atoms with van der Waals surface area (Å²) < 4.78 is 0. The van der Waals surface area contributed by atoms with E-state index in [1.165, 1.54) is 0 Å². The van der Waals surface area contributed by atoms with Crippen LogP contribution in [0.5, 0.6) is 0 Å². The fourth-order valence-corrected chi connectivity index (χ4v) is 2.77. The molecule has 22 heavy (non-hydrogen) atoms. The highest BCUT2D eigenvalue weighted by molar-refractivity contribution is 6.14. The van der Waals surface area contributed by atoms with Crippen LogP contribution < -0.4 is 4.90 Å². The van der Waals surface area contributed by atoms with Crippen molar-refractivity contribution in [3.8, 4) is 0 Å². The highest BCUT2D eigenvalue weighted by Gasteiger charge is 2.31. The van der Waals surface area contributed by atoms with Crippen LogP contribution in [-0.2, 0) is 4.79 Å². The molecule has 3 heteroatoms. The molecule has 0 N–H and O–H groups in total. The number of carbonyl (C=O) groups is 2. The number of anilines is 1. The van der Waals surface area contributed by atoms with Gasteiger partial charge in [0.2, 0.25) is 5.91 Å². The first-order chi connectivity index (χ1) is 10.7. The zero-order valence-electron chi connectivity index (χ0n) is 12.2. The third kappa shape index (κ3) is 2.58. The van der Waals surface area contributed by atoms with E-state index < -0.39 is 0 Å². The minimum atomic E-state index is -0.0638. The van der Waals surface area contributed by atoms with Gasteiger partial charge in [0.05, 0.1) is 5.69 Å². The second-order valence-corrected chi connectivity index (χ2v) is 5.42. The van der Waals surface area contributed by atoms with Gasteiger partial charge in [-0.05, 0) is 12.1 Å². The maximum absolute atomic E-state index is 12.7. The number of nitrogens with zero attached hydrogens (tertiary/aromatic N) is 1. The monoisotopic (exact) mass is 291 g/mol. The Hall–Kier alpha value is -2.68. The lowest BCUT2D eigenvalue weighted by molar-refractivity contribution is -0.117. The molecule has 0 aromatic heterocycles. The van der Waals surface area contributed by atoms with Crippen molar-refractivity contribution >= 4 is 17.4 Å². The van der Waals surface area contributed by atoms with Crippen molar-refractivity contribution in [1.29, 1.82) is 0 Å². The standard InChI is InChI=1S/C19H17NO2/c1-2-14-12-18(21)20(13-14)17-11-7-6-10-16(17)19(22)15-8-4-3-5-9-15/h2-11,14H,1,12-13H2. The third-order valence-corrected chi connectivity index (χ3v) is 3.96. The summed E-state index contributed by atoms with van der Waals surface area (Å²) >= 11 is 0. The topological polar surface area (TPSA) is 37.4 Å². The summed E-state index contributed by atoms with van der Waals surface area (Å²) in [6.07, 6.45) is 2.26. The van der Waals surface area contributed by atoms with Crippen molar-refractivity contribution in [3.63, 3.8) is 0 Å². The lowest BCUT2D eigenvalue weighted by Crippen LogP contribution is -2.26. The van der Waals surface area contributed by atoms with Crippen LogP contribution in [0.15, 0.2) is 67.3 Å². The third-order valence-electron chi connectivity index (χ3n) is 3.96. The molecule has 0 aliphatic carbocycles. The molecule has 1 heterocycles. The SMILES string of the molecule is C=CC1CC(=O)N(c2ccccc2C(=O)c2ccccc2)C1. The van der Waals surface area contributed by atoms with Crippen molar-refractivity contribution < 1.29 is 9.59 Å². The summed E-state index contributed by atoms with van der Waals surface area (Å²) in [5.41, 5.74) is 1.87. The molecule has 1 aliphatic heterocycles. The fraction of sp³-hybridized carbons (Fsp3) is 0.158. The Kier molecular flexibility index (Phi) is 3.88. The van der Waals surface area contributed by atoms with Gasteiger partial charge in [0.1, 0.15) is 0 Å². The van der Waals surface area contributed by atoms with Gasteiger partial charge in [-0.25, -0.2) is 0 Å². The molecule has 1 unspecified atom stereocenters. The molecule has 1 aliphatic rings. The van der Waals surface area contributed by atoms with Crippen LogP contribution in [0.1, 0.15) is 22.3 Å². The number of hydrogen-bond donors (Lipinski definition) is 0. The minimum Gasteiger partial charge on any atom is -0.311 e. The number of carbonyl (C=O) groups excluding carboxylic acids is 2. The molecule has 1 saturated heterocycles. The van der Waals surface area contributed by atoms with Crippen molar-refractivity contribution in [1.82, 2.24) is 0 Å². The molecule has 0 radical (unpaired) electrons. The largest absolute Gasteiger partial charge is 0.311 e. The number of amides is 1. The lowest BCUT2D eigenvalue weighted by atomic mass is 10.0. The molecule has 3 nitrogen and oxygen atoms in total. The fourth-order valence-electron chi connectivity index (χ4n) is 2.77. The van der Waals surface area contributed by atoms with E-state index in [1.54, 1.807) is 29.2 Å². The smallest absolute Gasteiger partial charge is 0.227 e. The van der Waals surface area contributed by atoms with Gasteiger partial charge >= 0.3 is 0 Å². The Labute approximate surface area is 129 Å². The molecule has 2 aromatic rings. The number of benzene rings is 2. The normalized spacial score (nSPS) is 17.5. The molecule has 1 atom stereocenters. The number of para-hydroxylation sites is 1. The first-order valence-electron chi connectivity index (χ1n) is 7.32. The van der Waals surface area contributed by atoms with Crippen LogP contribution in [-0.4, -0.2) is 18.2 Å².